The smallest absolute Gasteiger partial charge is 0.271 e. The number of carbonyl (C=O) groups is 1. The van der Waals surface area contributed by atoms with Crippen molar-refractivity contribution in [3.63, 3.8) is 0 Å². The first-order valence-electron chi connectivity index (χ1n) is 10.5. The van der Waals surface area contributed by atoms with E-state index in [2.05, 4.69) is 10.0 Å². The molecule has 0 aliphatic rings. The van der Waals surface area contributed by atoms with Crippen LogP contribution in [0.25, 0.3) is 0 Å². The summed E-state index contributed by atoms with van der Waals surface area (Å²) in [6.45, 7) is 4.48. The Balaban J connectivity index is 1.62. The Morgan fingerprint density at radius 1 is 1.00 bits per heavy atom. The van der Waals surface area contributed by atoms with Gasteiger partial charge in [-0.05, 0) is 55.8 Å². The van der Waals surface area contributed by atoms with Crippen LogP contribution in [0.5, 0.6) is 11.5 Å². The van der Waals surface area contributed by atoms with Gasteiger partial charge in [-0.1, -0.05) is 17.7 Å². The van der Waals surface area contributed by atoms with Crippen LogP contribution in [0.4, 0.5) is 11.4 Å². The fourth-order valence-corrected chi connectivity index (χ4v) is 4.33. The number of rotatable bonds is 10. The number of anilines is 1. The predicted molar refractivity (Wildman–Crippen MR) is 131 cm³/mol. The van der Waals surface area contributed by atoms with E-state index in [-0.39, 0.29) is 46.6 Å². The molecular formula is C24H25N3O7S. The van der Waals surface area contributed by atoms with Gasteiger partial charge >= 0.3 is 0 Å². The molecule has 10 nitrogen and oxygen atoms in total. The van der Waals surface area contributed by atoms with Gasteiger partial charge in [0.2, 0.25) is 0 Å². The molecule has 0 unspecified atom stereocenters. The van der Waals surface area contributed by atoms with Crippen molar-refractivity contribution in [1.82, 2.24) is 5.32 Å². The molecule has 0 aromatic heterocycles. The van der Waals surface area contributed by atoms with Crippen molar-refractivity contribution in [2.45, 2.75) is 18.7 Å². The summed E-state index contributed by atoms with van der Waals surface area (Å²) >= 11 is 0. The quantitative estimate of drug-likeness (QED) is 0.246. The molecule has 0 atom stereocenters. The number of amides is 1. The third kappa shape index (κ3) is 6.48. The van der Waals surface area contributed by atoms with Gasteiger partial charge in [0.05, 0.1) is 29.2 Å². The Bertz CT molecular complexity index is 1340. The number of ether oxygens (including phenoxy) is 2. The highest BCUT2D eigenvalue weighted by Crippen LogP contribution is 2.30. The predicted octanol–water partition coefficient (Wildman–Crippen LogP) is 3.83. The molecule has 3 aromatic rings. The molecule has 3 rings (SSSR count). The third-order valence-electron chi connectivity index (χ3n) is 5.04. The van der Waals surface area contributed by atoms with Crippen molar-refractivity contribution < 1.29 is 27.6 Å². The number of carbonyl (C=O) groups excluding carboxylic acids is 1. The van der Waals surface area contributed by atoms with E-state index in [0.717, 1.165) is 22.9 Å². The van der Waals surface area contributed by atoms with Crippen molar-refractivity contribution in [2.24, 2.45) is 0 Å². The van der Waals surface area contributed by atoms with E-state index in [9.17, 15) is 23.3 Å². The number of aryl methyl sites for hydroxylation is 2. The summed E-state index contributed by atoms with van der Waals surface area (Å²) in [7, 11) is -2.78. The minimum absolute atomic E-state index is 0.0765. The SMILES string of the molecule is COc1ccc([N+](=O)[O-])cc1NS(=O)(=O)c1ccc(C(=O)NCCOc2ccc(C)cc2C)cc1. The number of hydrogen-bond donors (Lipinski definition) is 2. The topological polar surface area (TPSA) is 137 Å². The second-order valence-corrected chi connectivity index (χ2v) is 9.33. The second-order valence-electron chi connectivity index (χ2n) is 7.64. The number of benzene rings is 3. The van der Waals surface area contributed by atoms with Crippen LogP contribution in [0.1, 0.15) is 21.5 Å². The summed E-state index contributed by atoms with van der Waals surface area (Å²) in [5, 5.41) is 13.7. The van der Waals surface area contributed by atoms with Crippen LogP contribution >= 0.6 is 0 Å². The monoisotopic (exact) mass is 499 g/mol. The number of nitrogens with zero attached hydrogens (tertiary/aromatic N) is 1. The number of nitrogens with one attached hydrogen (secondary N) is 2. The molecule has 0 aliphatic heterocycles. The van der Waals surface area contributed by atoms with E-state index < -0.39 is 14.9 Å². The zero-order valence-electron chi connectivity index (χ0n) is 19.4. The molecule has 11 heteroatoms. The lowest BCUT2D eigenvalue weighted by Gasteiger charge is -2.12. The van der Waals surface area contributed by atoms with Gasteiger partial charge < -0.3 is 14.8 Å². The van der Waals surface area contributed by atoms with E-state index in [4.69, 9.17) is 9.47 Å². The normalized spacial score (nSPS) is 10.9. The number of sulfonamides is 1. The number of nitro groups is 1. The highest BCUT2D eigenvalue weighted by Gasteiger charge is 2.20. The molecule has 1 amide bonds. The molecule has 0 spiro atoms. The van der Waals surface area contributed by atoms with E-state index in [1.807, 2.05) is 32.0 Å². The fourth-order valence-electron chi connectivity index (χ4n) is 3.27. The molecule has 3 aromatic carbocycles. The second kappa shape index (κ2) is 10.9. The maximum Gasteiger partial charge on any atom is 0.271 e. The summed E-state index contributed by atoms with van der Waals surface area (Å²) in [4.78, 5) is 22.7. The van der Waals surface area contributed by atoms with Crippen LogP contribution < -0.4 is 19.5 Å². The summed E-state index contributed by atoms with van der Waals surface area (Å²) in [5.74, 6) is 0.483. The van der Waals surface area contributed by atoms with Crippen LogP contribution in [0.2, 0.25) is 0 Å². The minimum atomic E-state index is -4.09. The highest BCUT2D eigenvalue weighted by molar-refractivity contribution is 7.92. The lowest BCUT2D eigenvalue weighted by molar-refractivity contribution is -0.384. The van der Waals surface area contributed by atoms with Crippen molar-refractivity contribution in [1.29, 1.82) is 0 Å². The van der Waals surface area contributed by atoms with Gasteiger partial charge in [-0.3, -0.25) is 19.6 Å². The van der Waals surface area contributed by atoms with E-state index in [0.29, 0.717) is 0 Å². The molecular weight excluding hydrogens is 474 g/mol. The Kier molecular flexibility index (Phi) is 7.92. The Labute approximate surface area is 203 Å². The van der Waals surface area contributed by atoms with E-state index >= 15 is 0 Å². The number of nitro benzene ring substituents is 1. The van der Waals surface area contributed by atoms with Crippen LogP contribution in [0.3, 0.4) is 0 Å². The van der Waals surface area contributed by atoms with Crippen LogP contribution in [-0.2, 0) is 10.0 Å². The molecule has 0 fully saturated rings. The van der Waals surface area contributed by atoms with Gasteiger partial charge in [-0.15, -0.1) is 0 Å². The molecule has 2 N–H and O–H groups in total. The van der Waals surface area contributed by atoms with Gasteiger partial charge in [0.25, 0.3) is 21.6 Å². The summed E-state index contributed by atoms with van der Waals surface area (Å²) in [5.41, 5.74) is 2.03. The zero-order chi connectivity index (χ0) is 25.6. The van der Waals surface area contributed by atoms with Gasteiger partial charge in [0.1, 0.15) is 18.1 Å². The van der Waals surface area contributed by atoms with Crippen LogP contribution in [0.15, 0.2) is 65.6 Å². The standard InChI is InChI=1S/C24H25N3O7S/c1-16-4-10-22(17(2)14-16)34-13-12-25-24(28)18-5-8-20(9-6-18)35(31,32)26-21-15-19(27(29)30)7-11-23(21)33-3/h4-11,14-15,26H,12-13H2,1-3H3,(H,25,28). The fraction of sp³-hybridized carbons (Fsp3) is 0.208. The van der Waals surface area contributed by atoms with E-state index in [1.54, 1.807) is 0 Å². The molecule has 0 heterocycles. The average molecular weight is 500 g/mol. The maximum atomic E-state index is 12.8. The molecule has 35 heavy (non-hydrogen) atoms. The van der Waals surface area contributed by atoms with Gasteiger partial charge in [0, 0.05) is 17.7 Å². The molecule has 0 aliphatic carbocycles. The largest absolute Gasteiger partial charge is 0.495 e. The first-order valence-corrected chi connectivity index (χ1v) is 12.0. The summed E-state index contributed by atoms with van der Waals surface area (Å²) in [6.07, 6.45) is 0. The average Bonchev–Trinajstić information content (AvgIpc) is 2.82. The maximum absolute atomic E-state index is 12.8. The Morgan fingerprint density at radius 3 is 2.31 bits per heavy atom. The Hall–Kier alpha value is -4.12. The minimum Gasteiger partial charge on any atom is -0.495 e. The molecule has 0 radical (unpaired) electrons. The van der Waals surface area contributed by atoms with Crippen molar-refractivity contribution in [3.05, 3.63) is 87.5 Å². The molecule has 0 saturated carbocycles. The number of hydrogen-bond acceptors (Lipinski definition) is 7. The van der Waals surface area contributed by atoms with Crippen molar-refractivity contribution in [3.8, 4) is 11.5 Å². The van der Waals surface area contributed by atoms with Crippen molar-refractivity contribution in [2.75, 3.05) is 25.0 Å². The Morgan fingerprint density at radius 2 is 1.69 bits per heavy atom. The number of methoxy groups -OCH3 is 1. The number of non-ortho nitro benzene ring substituents is 1. The molecule has 0 saturated heterocycles. The first-order chi connectivity index (χ1) is 16.6. The van der Waals surface area contributed by atoms with Gasteiger partial charge in [0.15, 0.2) is 0 Å². The third-order valence-corrected chi connectivity index (χ3v) is 6.42. The van der Waals surface area contributed by atoms with Crippen LogP contribution in [-0.4, -0.2) is 39.5 Å². The zero-order valence-corrected chi connectivity index (χ0v) is 20.2. The highest BCUT2D eigenvalue weighted by atomic mass is 32.2. The lowest BCUT2D eigenvalue weighted by atomic mass is 10.1. The lowest BCUT2D eigenvalue weighted by Crippen LogP contribution is -2.28. The molecule has 0 bridgehead atoms. The van der Waals surface area contributed by atoms with Gasteiger partial charge in [-0.2, -0.15) is 0 Å². The van der Waals surface area contributed by atoms with Gasteiger partial charge in [-0.25, -0.2) is 8.42 Å². The summed E-state index contributed by atoms with van der Waals surface area (Å²) < 4.78 is 38.6. The molecule has 184 valence electrons. The summed E-state index contributed by atoms with van der Waals surface area (Å²) in [6, 6.07) is 14.7. The van der Waals surface area contributed by atoms with Crippen molar-refractivity contribution >= 4 is 27.3 Å². The van der Waals surface area contributed by atoms with Crippen LogP contribution in [0, 0.1) is 24.0 Å². The first kappa shape index (κ1) is 25.5. The van der Waals surface area contributed by atoms with E-state index in [1.165, 1.54) is 43.5 Å².